The molecule has 4 rings (SSSR count). The minimum absolute atomic E-state index is 0.0978. The van der Waals surface area contributed by atoms with Crippen molar-refractivity contribution in [3.8, 4) is 0 Å². The molecule has 0 saturated heterocycles. The highest BCUT2D eigenvalue weighted by atomic mass is 32.1. The minimum atomic E-state index is -0.513. The van der Waals surface area contributed by atoms with E-state index in [1.165, 1.54) is 21.6 Å². The fraction of sp³-hybridized carbons (Fsp3) is 0.409. The maximum atomic E-state index is 13.9. The van der Waals surface area contributed by atoms with Gasteiger partial charge in [0.05, 0.1) is 17.6 Å². The van der Waals surface area contributed by atoms with E-state index in [1.54, 1.807) is 23.5 Å². The number of rotatable bonds is 5. The van der Waals surface area contributed by atoms with Crippen LogP contribution in [0.5, 0.6) is 0 Å². The number of nitrogens with zero attached hydrogens (tertiary/aromatic N) is 3. The third-order valence-corrected chi connectivity index (χ3v) is 6.55. The lowest BCUT2D eigenvalue weighted by molar-refractivity contribution is -0.116. The van der Waals surface area contributed by atoms with Gasteiger partial charge in [-0.05, 0) is 57.0 Å². The van der Waals surface area contributed by atoms with E-state index >= 15 is 0 Å². The maximum absolute atomic E-state index is 13.9. The Morgan fingerprint density at radius 2 is 2.13 bits per heavy atom. The van der Waals surface area contributed by atoms with Crippen LogP contribution in [0.1, 0.15) is 29.6 Å². The molecule has 0 spiro atoms. The van der Waals surface area contributed by atoms with Crippen molar-refractivity contribution in [1.29, 1.82) is 0 Å². The quantitative estimate of drug-likeness (QED) is 0.676. The Balaban J connectivity index is 1.75. The first-order chi connectivity index (χ1) is 14.3. The van der Waals surface area contributed by atoms with Gasteiger partial charge in [-0.15, -0.1) is 11.3 Å². The lowest BCUT2D eigenvalue weighted by Gasteiger charge is -2.18. The predicted octanol–water partition coefficient (Wildman–Crippen LogP) is 3.42. The van der Waals surface area contributed by atoms with Crippen LogP contribution < -0.4 is 10.9 Å². The molecule has 1 N–H and O–H groups in total. The molecule has 3 aromatic rings. The lowest BCUT2D eigenvalue weighted by Crippen LogP contribution is -2.33. The standard InChI is InChI=1S/C22H25FN4O2S/c1-13-8-9-14-17(10-13)30-21-20(14)22(29)27(18(25-21)11-26(2)3)12-19(28)24-16-7-5-4-6-15(16)23/h4-7,13H,8-12H2,1-3H3,(H,24,28). The third kappa shape index (κ3) is 4.02. The number of hydrogen-bond acceptors (Lipinski definition) is 5. The smallest absolute Gasteiger partial charge is 0.263 e. The van der Waals surface area contributed by atoms with Crippen LogP contribution in [0.4, 0.5) is 10.1 Å². The summed E-state index contributed by atoms with van der Waals surface area (Å²) in [6.45, 7) is 2.45. The first-order valence-electron chi connectivity index (χ1n) is 10.1. The van der Waals surface area contributed by atoms with Crippen molar-refractivity contribution in [3.63, 3.8) is 0 Å². The number of hydrogen-bond donors (Lipinski definition) is 1. The van der Waals surface area contributed by atoms with Gasteiger partial charge >= 0.3 is 0 Å². The number of anilines is 1. The molecule has 0 aliphatic heterocycles. The van der Waals surface area contributed by atoms with E-state index < -0.39 is 11.7 Å². The number of aromatic nitrogens is 2. The molecule has 6 nitrogen and oxygen atoms in total. The van der Waals surface area contributed by atoms with Gasteiger partial charge in [0.25, 0.3) is 5.56 Å². The molecule has 1 aliphatic rings. The van der Waals surface area contributed by atoms with Gasteiger partial charge in [-0.1, -0.05) is 19.1 Å². The summed E-state index contributed by atoms with van der Waals surface area (Å²) in [5, 5.41) is 3.21. The Morgan fingerprint density at radius 1 is 1.37 bits per heavy atom. The molecule has 1 aromatic carbocycles. The second kappa shape index (κ2) is 8.28. The number of benzene rings is 1. The van der Waals surface area contributed by atoms with Gasteiger partial charge in [0, 0.05) is 4.88 Å². The highest BCUT2D eigenvalue weighted by Crippen LogP contribution is 2.35. The average Bonchev–Trinajstić information content (AvgIpc) is 3.03. The third-order valence-electron chi connectivity index (χ3n) is 5.40. The Morgan fingerprint density at radius 3 is 2.87 bits per heavy atom. The summed E-state index contributed by atoms with van der Waals surface area (Å²) in [6.07, 6.45) is 2.87. The minimum Gasteiger partial charge on any atom is -0.322 e. The first kappa shape index (κ1) is 20.7. The average molecular weight is 429 g/mol. The van der Waals surface area contributed by atoms with Crippen molar-refractivity contribution in [3.05, 3.63) is 56.7 Å². The van der Waals surface area contributed by atoms with Crippen LogP contribution in [0.2, 0.25) is 0 Å². The van der Waals surface area contributed by atoms with Crippen molar-refractivity contribution >= 4 is 33.1 Å². The zero-order valence-corrected chi connectivity index (χ0v) is 18.2. The summed E-state index contributed by atoms with van der Waals surface area (Å²) in [6, 6.07) is 5.98. The van der Waals surface area contributed by atoms with Crippen LogP contribution >= 0.6 is 11.3 Å². The van der Waals surface area contributed by atoms with E-state index in [1.807, 2.05) is 19.0 Å². The molecule has 2 heterocycles. The fourth-order valence-electron chi connectivity index (χ4n) is 3.93. The number of nitrogens with one attached hydrogen (secondary N) is 1. The van der Waals surface area contributed by atoms with E-state index in [0.29, 0.717) is 23.7 Å². The highest BCUT2D eigenvalue weighted by molar-refractivity contribution is 7.18. The number of amides is 1. The van der Waals surface area contributed by atoms with Crippen LogP contribution in [-0.2, 0) is 30.7 Å². The zero-order valence-electron chi connectivity index (χ0n) is 17.4. The molecule has 8 heteroatoms. The number of fused-ring (bicyclic) bond motifs is 3. The molecule has 1 aliphatic carbocycles. The van der Waals surface area contributed by atoms with Gasteiger partial charge in [0.2, 0.25) is 5.91 Å². The van der Waals surface area contributed by atoms with E-state index in [9.17, 15) is 14.0 Å². The fourth-order valence-corrected chi connectivity index (χ4v) is 5.32. The monoisotopic (exact) mass is 428 g/mol. The van der Waals surface area contributed by atoms with Crippen molar-refractivity contribution in [2.24, 2.45) is 5.92 Å². The molecule has 1 unspecified atom stereocenters. The lowest BCUT2D eigenvalue weighted by atomic mass is 9.89. The number of halogens is 1. The van der Waals surface area contributed by atoms with Crippen molar-refractivity contribution in [2.75, 3.05) is 19.4 Å². The second-order valence-corrected chi connectivity index (χ2v) is 9.30. The summed E-state index contributed by atoms with van der Waals surface area (Å²) in [7, 11) is 3.78. The largest absolute Gasteiger partial charge is 0.322 e. The van der Waals surface area contributed by atoms with E-state index in [4.69, 9.17) is 4.98 Å². The number of aryl methyl sites for hydroxylation is 1. The van der Waals surface area contributed by atoms with E-state index in [0.717, 1.165) is 29.7 Å². The molecule has 0 radical (unpaired) electrons. The van der Waals surface area contributed by atoms with Crippen LogP contribution in [0.3, 0.4) is 0 Å². The Kier molecular flexibility index (Phi) is 5.71. The van der Waals surface area contributed by atoms with Gasteiger partial charge in [-0.25, -0.2) is 9.37 Å². The maximum Gasteiger partial charge on any atom is 0.263 e. The number of thiophene rings is 1. The van der Waals surface area contributed by atoms with Crippen LogP contribution in [0.15, 0.2) is 29.1 Å². The molecular weight excluding hydrogens is 403 g/mol. The molecule has 1 atom stereocenters. The molecule has 30 heavy (non-hydrogen) atoms. The van der Waals surface area contributed by atoms with Gasteiger partial charge in [0.1, 0.15) is 23.0 Å². The number of carbonyl (C=O) groups excluding carboxylic acids is 1. The van der Waals surface area contributed by atoms with Gasteiger partial charge in [0.15, 0.2) is 0 Å². The number of para-hydroxylation sites is 1. The van der Waals surface area contributed by atoms with E-state index in [-0.39, 0.29) is 17.8 Å². The van der Waals surface area contributed by atoms with Crippen molar-refractivity contribution < 1.29 is 9.18 Å². The molecule has 0 bridgehead atoms. The highest BCUT2D eigenvalue weighted by Gasteiger charge is 2.25. The van der Waals surface area contributed by atoms with Gasteiger partial charge < -0.3 is 10.2 Å². The van der Waals surface area contributed by atoms with Crippen molar-refractivity contribution in [2.45, 2.75) is 39.3 Å². The number of carbonyl (C=O) groups is 1. The normalized spacial score (nSPS) is 16.1. The summed E-state index contributed by atoms with van der Waals surface area (Å²) in [5.41, 5.74) is 0.999. The van der Waals surface area contributed by atoms with Crippen LogP contribution in [0.25, 0.3) is 10.2 Å². The zero-order chi connectivity index (χ0) is 21.4. The molecule has 2 aromatic heterocycles. The first-order valence-corrected chi connectivity index (χ1v) is 10.9. The summed E-state index contributed by atoms with van der Waals surface area (Å²) < 4.78 is 15.3. The Hall–Kier alpha value is -2.58. The van der Waals surface area contributed by atoms with Crippen LogP contribution in [0, 0.1) is 11.7 Å². The summed E-state index contributed by atoms with van der Waals surface area (Å²) in [4.78, 5) is 34.8. The van der Waals surface area contributed by atoms with Gasteiger partial charge in [-0.2, -0.15) is 0 Å². The van der Waals surface area contributed by atoms with E-state index in [2.05, 4.69) is 12.2 Å². The molecule has 1 amide bonds. The van der Waals surface area contributed by atoms with Gasteiger partial charge in [-0.3, -0.25) is 14.2 Å². The molecule has 0 saturated carbocycles. The second-order valence-electron chi connectivity index (χ2n) is 8.22. The van der Waals surface area contributed by atoms with Crippen molar-refractivity contribution in [1.82, 2.24) is 14.5 Å². The Bertz CT molecular complexity index is 1170. The topological polar surface area (TPSA) is 67.2 Å². The summed E-state index contributed by atoms with van der Waals surface area (Å²) in [5.74, 6) is 0.163. The molecule has 158 valence electrons. The Labute approximate surface area is 178 Å². The van der Waals surface area contributed by atoms with Crippen LogP contribution in [-0.4, -0.2) is 34.5 Å². The predicted molar refractivity (Wildman–Crippen MR) is 117 cm³/mol. The summed E-state index contributed by atoms with van der Waals surface area (Å²) >= 11 is 1.60. The SMILES string of the molecule is CC1CCc2c(sc3nc(CN(C)C)n(CC(=O)Nc4ccccc4F)c(=O)c23)C1. The molecular formula is C22H25FN4O2S. The molecule has 0 fully saturated rings.